The van der Waals surface area contributed by atoms with Gasteiger partial charge in [0, 0.05) is 13.1 Å². The average molecular weight is 284 g/mol. The lowest BCUT2D eigenvalue weighted by Crippen LogP contribution is -2.55. The van der Waals surface area contributed by atoms with E-state index in [1.807, 2.05) is 0 Å². The van der Waals surface area contributed by atoms with Gasteiger partial charge in [0.2, 0.25) is 5.91 Å². The molecule has 6 heteroatoms. The molecule has 20 heavy (non-hydrogen) atoms. The maximum absolute atomic E-state index is 12.6. The van der Waals surface area contributed by atoms with Gasteiger partial charge in [0.25, 0.3) is 0 Å². The maximum atomic E-state index is 12.6. The van der Waals surface area contributed by atoms with Gasteiger partial charge in [0.05, 0.1) is 31.1 Å². The molecule has 114 valence electrons. The quantitative estimate of drug-likeness (QED) is 0.788. The Morgan fingerprint density at radius 1 is 1.30 bits per heavy atom. The van der Waals surface area contributed by atoms with E-state index in [1.54, 1.807) is 11.9 Å². The number of carbonyl (C=O) groups excluding carboxylic acids is 1. The first-order chi connectivity index (χ1) is 9.46. The number of hydrogen-bond acceptors (Lipinski definition) is 4. The van der Waals surface area contributed by atoms with Gasteiger partial charge in [-0.05, 0) is 12.8 Å². The maximum Gasteiger partial charge on any atom is 0.305 e. The van der Waals surface area contributed by atoms with Crippen molar-refractivity contribution in [1.82, 2.24) is 4.90 Å². The summed E-state index contributed by atoms with van der Waals surface area (Å²) in [6.07, 6.45) is 4.57. The normalized spacial score (nSPS) is 29.1. The van der Waals surface area contributed by atoms with Crippen molar-refractivity contribution in [2.75, 3.05) is 20.3 Å². The van der Waals surface area contributed by atoms with E-state index in [2.05, 4.69) is 0 Å². The summed E-state index contributed by atoms with van der Waals surface area (Å²) in [6.45, 7) is 0.740. The Morgan fingerprint density at radius 2 is 1.95 bits per heavy atom. The first kappa shape index (κ1) is 15.3. The van der Waals surface area contributed by atoms with E-state index < -0.39 is 11.5 Å². The minimum atomic E-state index is -0.849. The van der Waals surface area contributed by atoms with Crippen molar-refractivity contribution < 1.29 is 19.4 Å². The van der Waals surface area contributed by atoms with E-state index in [0.717, 1.165) is 32.1 Å². The lowest BCUT2D eigenvalue weighted by atomic mass is 9.77. The van der Waals surface area contributed by atoms with Crippen LogP contribution in [0.4, 0.5) is 0 Å². The number of ether oxygens (including phenoxy) is 1. The number of carboxylic acids is 1. The molecule has 1 aliphatic carbocycles. The van der Waals surface area contributed by atoms with Crippen LogP contribution < -0.4 is 5.73 Å². The number of amides is 1. The van der Waals surface area contributed by atoms with Crippen molar-refractivity contribution in [1.29, 1.82) is 0 Å². The van der Waals surface area contributed by atoms with Crippen LogP contribution in [-0.4, -0.2) is 53.7 Å². The van der Waals surface area contributed by atoms with Gasteiger partial charge in [-0.25, -0.2) is 0 Å². The molecule has 1 saturated heterocycles. The second kappa shape index (κ2) is 6.10. The van der Waals surface area contributed by atoms with Crippen LogP contribution in [0.15, 0.2) is 0 Å². The summed E-state index contributed by atoms with van der Waals surface area (Å²) in [7, 11) is 1.72. The molecular weight excluding hydrogens is 260 g/mol. The lowest BCUT2D eigenvalue weighted by Gasteiger charge is -2.45. The molecule has 0 bridgehead atoms. The summed E-state index contributed by atoms with van der Waals surface area (Å²) >= 11 is 0. The molecule has 2 aliphatic rings. The fourth-order valence-electron chi connectivity index (χ4n) is 3.43. The molecule has 1 amide bonds. The number of rotatable bonds is 4. The van der Waals surface area contributed by atoms with Gasteiger partial charge in [-0.2, -0.15) is 0 Å². The Kier molecular flexibility index (Phi) is 4.65. The summed E-state index contributed by atoms with van der Waals surface area (Å²) in [6, 6.07) is -0.282. The van der Waals surface area contributed by atoms with E-state index in [-0.39, 0.29) is 24.3 Å². The first-order valence-corrected chi connectivity index (χ1v) is 7.29. The van der Waals surface area contributed by atoms with Crippen molar-refractivity contribution >= 4 is 11.9 Å². The second-order valence-corrected chi connectivity index (χ2v) is 6.06. The molecule has 6 nitrogen and oxygen atoms in total. The van der Waals surface area contributed by atoms with Crippen LogP contribution in [0.1, 0.15) is 38.5 Å². The highest BCUT2D eigenvalue weighted by Crippen LogP contribution is 2.37. The Bertz CT molecular complexity index is 379. The smallest absolute Gasteiger partial charge is 0.305 e. The van der Waals surface area contributed by atoms with Crippen LogP contribution in [0, 0.1) is 5.92 Å². The fourth-order valence-corrected chi connectivity index (χ4v) is 3.43. The SMILES string of the molecule is CN(C(=O)C1COCC1N)C1(CC(=O)O)CCCCC1. The van der Waals surface area contributed by atoms with Crippen molar-refractivity contribution in [3.8, 4) is 0 Å². The minimum Gasteiger partial charge on any atom is -0.481 e. The van der Waals surface area contributed by atoms with Crippen LogP contribution >= 0.6 is 0 Å². The van der Waals surface area contributed by atoms with E-state index in [4.69, 9.17) is 10.5 Å². The van der Waals surface area contributed by atoms with Gasteiger partial charge in [-0.3, -0.25) is 9.59 Å². The van der Waals surface area contributed by atoms with Crippen molar-refractivity contribution in [2.24, 2.45) is 11.7 Å². The molecule has 0 aromatic heterocycles. The summed E-state index contributed by atoms with van der Waals surface area (Å²) in [5.41, 5.74) is 5.35. The monoisotopic (exact) mass is 284 g/mol. The number of nitrogens with two attached hydrogens (primary N) is 1. The molecule has 1 heterocycles. The van der Waals surface area contributed by atoms with Gasteiger partial charge < -0.3 is 20.5 Å². The summed E-state index contributed by atoms with van der Waals surface area (Å²) < 4.78 is 5.25. The molecule has 0 radical (unpaired) electrons. The van der Waals surface area contributed by atoms with E-state index in [9.17, 15) is 14.7 Å². The van der Waals surface area contributed by atoms with Crippen LogP contribution in [0.25, 0.3) is 0 Å². The standard InChI is InChI=1S/C14H24N2O4/c1-16(13(19)10-8-20-9-11(10)15)14(7-12(17)18)5-3-2-4-6-14/h10-11H,2-9,15H2,1H3,(H,17,18). The Balaban J connectivity index is 2.15. The topological polar surface area (TPSA) is 92.9 Å². The van der Waals surface area contributed by atoms with Crippen molar-refractivity contribution in [3.63, 3.8) is 0 Å². The Labute approximate surface area is 119 Å². The third kappa shape index (κ3) is 2.96. The third-order valence-electron chi connectivity index (χ3n) is 4.75. The predicted octanol–water partition coefficient (Wildman–Crippen LogP) is 0.596. The highest BCUT2D eigenvalue weighted by molar-refractivity contribution is 5.81. The number of hydrogen-bond donors (Lipinski definition) is 2. The number of aliphatic carboxylic acids is 1. The molecule has 2 atom stereocenters. The minimum absolute atomic E-state index is 0.0120. The average Bonchev–Trinajstić information content (AvgIpc) is 2.83. The molecule has 0 spiro atoms. The molecule has 0 aromatic carbocycles. The van der Waals surface area contributed by atoms with Gasteiger partial charge in [-0.1, -0.05) is 19.3 Å². The summed E-state index contributed by atoms with van der Waals surface area (Å²) in [5.74, 6) is -1.26. The Morgan fingerprint density at radius 3 is 2.45 bits per heavy atom. The van der Waals surface area contributed by atoms with Crippen LogP contribution in [0.5, 0.6) is 0 Å². The van der Waals surface area contributed by atoms with Crippen molar-refractivity contribution in [2.45, 2.75) is 50.1 Å². The van der Waals surface area contributed by atoms with E-state index in [1.165, 1.54) is 0 Å². The molecular formula is C14H24N2O4. The molecule has 3 N–H and O–H groups in total. The van der Waals surface area contributed by atoms with E-state index in [0.29, 0.717) is 13.2 Å². The number of carboxylic acid groups (broad SMARTS) is 1. The summed E-state index contributed by atoms with van der Waals surface area (Å²) in [4.78, 5) is 25.5. The zero-order valence-corrected chi connectivity index (χ0v) is 12.0. The number of carbonyl (C=O) groups is 2. The third-order valence-corrected chi connectivity index (χ3v) is 4.75. The zero-order chi connectivity index (χ0) is 14.8. The Hall–Kier alpha value is -1.14. The fraction of sp³-hybridized carbons (Fsp3) is 0.857. The molecule has 1 saturated carbocycles. The van der Waals surface area contributed by atoms with Gasteiger partial charge in [0.15, 0.2) is 0 Å². The molecule has 2 rings (SSSR count). The molecule has 2 unspecified atom stereocenters. The molecule has 1 aliphatic heterocycles. The van der Waals surface area contributed by atoms with Crippen molar-refractivity contribution in [3.05, 3.63) is 0 Å². The van der Waals surface area contributed by atoms with Gasteiger partial charge in [-0.15, -0.1) is 0 Å². The number of nitrogens with zero attached hydrogens (tertiary/aromatic N) is 1. The van der Waals surface area contributed by atoms with Gasteiger partial charge >= 0.3 is 5.97 Å². The first-order valence-electron chi connectivity index (χ1n) is 7.29. The van der Waals surface area contributed by atoms with E-state index >= 15 is 0 Å². The molecule has 2 fully saturated rings. The highest BCUT2D eigenvalue weighted by atomic mass is 16.5. The highest BCUT2D eigenvalue weighted by Gasteiger charge is 2.44. The van der Waals surface area contributed by atoms with Gasteiger partial charge in [0.1, 0.15) is 0 Å². The lowest BCUT2D eigenvalue weighted by molar-refractivity contribution is -0.148. The largest absolute Gasteiger partial charge is 0.481 e. The van der Waals surface area contributed by atoms with Crippen LogP contribution in [0.2, 0.25) is 0 Å². The van der Waals surface area contributed by atoms with Crippen LogP contribution in [-0.2, 0) is 14.3 Å². The van der Waals surface area contributed by atoms with Crippen LogP contribution in [0.3, 0.4) is 0 Å². The second-order valence-electron chi connectivity index (χ2n) is 6.06. The predicted molar refractivity (Wildman–Crippen MR) is 73.1 cm³/mol. The summed E-state index contributed by atoms with van der Waals surface area (Å²) in [5, 5.41) is 9.19. The molecule has 0 aromatic rings. The zero-order valence-electron chi connectivity index (χ0n) is 12.0.